The maximum absolute atomic E-state index is 13.4. The number of nitrogens with zero attached hydrogens (tertiary/aromatic N) is 1. The van der Waals surface area contributed by atoms with Crippen LogP contribution in [0.15, 0.2) is 75.8 Å². The molecule has 1 aromatic carbocycles. The minimum atomic E-state index is -0.408. The molecule has 4 rings (SSSR count). The Morgan fingerprint density at radius 3 is 2.60 bits per heavy atom. The molecular formula is C24H24BrN3O2. The molecule has 0 spiro atoms. The van der Waals surface area contributed by atoms with Crippen LogP contribution in [0.5, 0.6) is 0 Å². The number of amides is 1. The van der Waals surface area contributed by atoms with Crippen LogP contribution in [0.3, 0.4) is 0 Å². The first-order valence-electron chi connectivity index (χ1n) is 9.96. The SMILES string of the molecule is CC1=C(C(=O)Nc2cccnc2)C(c2ccc(Br)cc2)C2=C(CC(C)(C)CC2=O)N1. The fourth-order valence-electron chi connectivity index (χ4n) is 4.36. The second kappa shape index (κ2) is 7.84. The van der Waals surface area contributed by atoms with Gasteiger partial charge in [-0.25, -0.2) is 0 Å². The first kappa shape index (κ1) is 20.5. The quantitative estimate of drug-likeness (QED) is 0.662. The second-order valence-corrected chi connectivity index (χ2v) is 9.59. The van der Waals surface area contributed by atoms with Crippen molar-refractivity contribution in [3.8, 4) is 0 Å². The summed E-state index contributed by atoms with van der Waals surface area (Å²) in [5.74, 6) is -0.541. The number of anilines is 1. The van der Waals surface area contributed by atoms with Crippen LogP contribution in [-0.4, -0.2) is 16.7 Å². The van der Waals surface area contributed by atoms with Gasteiger partial charge in [-0.3, -0.25) is 14.6 Å². The van der Waals surface area contributed by atoms with Gasteiger partial charge in [0, 0.05) is 45.5 Å². The Labute approximate surface area is 184 Å². The van der Waals surface area contributed by atoms with Crippen molar-refractivity contribution in [1.29, 1.82) is 0 Å². The van der Waals surface area contributed by atoms with Gasteiger partial charge >= 0.3 is 0 Å². The van der Waals surface area contributed by atoms with E-state index in [9.17, 15) is 9.59 Å². The zero-order valence-corrected chi connectivity index (χ0v) is 18.8. The molecule has 1 aliphatic carbocycles. The Kier molecular flexibility index (Phi) is 5.36. The molecule has 0 saturated carbocycles. The highest BCUT2D eigenvalue weighted by atomic mass is 79.9. The molecule has 0 saturated heterocycles. The summed E-state index contributed by atoms with van der Waals surface area (Å²) in [6, 6.07) is 11.4. The van der Waals surface area contributed by atoms with E-state index >= 15 is 0 Å². The van der Waals surface area contributed by atoms with Crippen molar-refractivity contribution in [3.63, 3.8) is 0 Å². The van der Waals surface area contributed by atoms with E-state index in [1.165, 1.54) is 0 Å². The largest absolute Gasteiger partial charge is 0.362 e. The van der Waals surface area contributed by atoms with Crippen LogP contribution in [0.25, 0.3) is 0 Å². The number of pyridine rings is 1. The molecule has 1 atom stereocenters. The van der Waals surface area contributed by atoms with E-state index in [1.807, 2.05) is 31.2 Å². The minimum Gasteiger partial charge on any atom is -0.362 e. The first-order chi connectivity index (χ1) is 14.2. The number of hydrogen-bond acceptors (Lipinski definition) is 4. The third-order valence-corrected chi connectivity index (χ3v) is 6.14. The number of allylic oxidation sites excluding steroid dienone is 3. The van der Waals surface area contributed by atoms with Gasteiger partial charge in [-0.15, -0.1) is 0 Å². The van der Waals surface area contributed by atoms with E-state index in [0.29, 0.717) is 23.3 Å². The predicted octanol–water partition coefficient (Wildman–Crippen LogP) is 5.09. The van der Waals surface area contributed by atoms with Crippen molar-refractivity contribution in [2.24, 2.45) is 5.41 Å². The summed E-state index contributed by atoms with van der Waals surface area (Å²) in [4.78, 5) is 30.7. The zero-order chi connectivity index (χ0) is 21.5. The number of benzene rings is 1. The van der Waals surface area contributed by atoms with Gasteiger partial charge in [-0.05, 0) is 48.6 Å². The van der Waals surface area contributed by atoms with E-state index in [-0.39, 0.29) is 17.1 Å². The lowest BCUT2D eigenvalue weighted by Crippen LogP contribution is -2.39. The van der Waals surface area contributed by atoms with Crippen LogP contribution in [0.4, 0.5) is 5.69 Å². The van der Waals surface area contributed by atoms with Crippen LogP contribution in [0, 0.1) is 5.41 Å². The summed E-state index contributed by atoms with van der Waals surface area (Å²) >= 11 is 3.48. The van der Waals surface area contributed by atoms with Gasteiger partial charge in [-0.2, -0.15) is 0 Å². The summed E-state index contributed by atoms with van der Waals surface area (Å²) in [6.07, 6.45) is 4.51. The highest BCUT2D eigenvalue weighted by Crippen LogP contribution is 2.46. The number of hydrogen-bond donors (Lipinski definition) is 2. The molecular weight excluding hydrogens is 442 g/mol. The standard InChI is InChI=1S/C24H24BrN3O2/c1-14-20(23(30)28-17-5-4-10-26-13-17)21(15-6-8-16(25)9-7-15)22-18(27-14)11-24(2,3)12-19(22)29/h4-10,13,21,27H,11-12H2,1-3H3,(H,28,30). The zero-order valence-electron chi connectivity index (χ0n) is 17.3. The average molecular weight is 466 g/mol. The highest BCUT2D eigenvalue weighted by Gasteiger charge is 2.42. The Morgan fingerprint density at radius 2 is 1.93 bits per heavy atom. The van der Waals surface area contributed by atoms with Crippen molar-refractivity contribution in [3.05, 3.63) is 81.4 Å². The van der Waals surface area contributed by atoms with Crippen LogP contribution in [0.2, 0.25) is 0 Å². The van der Waals surface area contributed by atoms with Gasteiger partial charge in [0.1, 0.15) is 0 Å². The van der Waals surface area contributed by atoms with Crippen molar-refractivity contribution in [1.82, 2.24) is 10.3 Å². The molecule has 1 unspecified atom stereocenters. The molecule has 1 aromatic heterocycles. The summed E-state index contributed by atoms with van der Waals surface area (Å²) in [5, 5.41) is 6.32. The minimum absolute atomic E-state index is 0.0980. The third-order valence-electron chi connectivity index (χ3n) is 5.61. The van der Waals surface area contributed by atoms with E-state index in [0.717, 1.165) is 27.9 Å². The molecule has 2 aliphatic rings. The van der Waals surface area contributed by atoms with Crippen LogP contribution >= 0.6 is 15.9 Å². The van der Waals surface area contributed by atoms with Crippen molar-refractivity contribution >= 4 is 33.3 Å². The molecule has 0 radical (unpaired) electrons. The number of carbonyl (C=O) groups excluding carboxylic acids is 2. The summed E-state index contributed by atoms with van der Waals surface area (Å²) < 4.78 is 0.951. The normalized spacial score (nSPS) is 20.5. The van der Waals surface area contributed by atoms with Gasteiger partial charge in [0.2, 0.25) is 0 Å². The first-order valence-corrected chi connectivity index (χ1v) is 10.8. The van der Waals surface area contributed by atoms with E-state index in [2.05, 4.69) is 45.4 Å². The lowest BCUT2D eigenvalue weighted by Gasteiger charge is -2.39. The van der Waals surface area contributed by atoms with Gasteiger partial charge in [0.25, 0.3) is 5.91 Å². The number of carbonyl (C=O) groups is 2. The van der Waals surface area contributed by atoms with Crippen LogP contribution < -0.4 is 10.6 Å². The van der Waals surface area contributed by atoms with Crippen molar-refractivity contribution in [2.45, 2.75) is 39.5 Å². The number of halogens is 1. The van der Waals surface area contributed by atoms with Crippen molar-refractivity contribution < 1.29 is 9.59 Å². The van der Waals surface area contributed by atoms with Gasteiger partial charge in [-0.1, -0.05) is 41.9 Å². The number of nitrogens with one attached hydrogen (secondary N) is 2. The maximum atomic E-state index is 13.4. The Bertz CT molecular complexity index is 1070. The van der Waals surface area contributed by atoms with Gasteiger partial charge in [0.05, 0.1) is 11.9 Å². The fraction of sp³-hybridized carbons (Fsp3) is 0.292. The number of dihydropyridines is 1. The van der Waals surface area contributed by atoms with Crippen LogP contribution in [0.1, 0.15) is 45.1 Å². The summed E-state index contributed by atoms with van der Waals surface area (Å²) in [6.45, 7) is 6.11. The smallest absolute Gasteiger partial charge is 0.254 e. The topological polar surface area (TPSA) is 71.1 Å². The molecule has 5 nitrogen and oxygen atoms in total. The molecule has 154 valence electrons. The van der Waals surface area contributed by atoms with Crippen molar-refractivity contribution in [2.75, 3.05) is 5.32 Å². The number of Topliss-reactive ketones (excluding diaryl/α,β-unsaturated/α-hetero) is 1. The lowest BCUT2D eigenvalue weighted by molar-refractivity contribution is -0.118. The summed E-state index contributed by atoms with van der Waals surface area (Å²) in [7, 11) is 0. The fourth-order valence-corrected chi connectivity index (χ4v) is 4.63. The number of aromatic nitrogens is 1. The molecule has 2 N–H and O–H groups in total. The average Bonchev–Trinajstić information content (AvgIpc) is 2.67. The lowest BCUT2D eigenvalue weighted by atomic mass is 9.68. The third kappa shape index (κ3) is 3.97. The molecule has 30 heavy (non-hydrogen) atoms. The highest BCUT2D eigenvalue weighted by molar-refractivity contribution is 9.10. The molecule has 1 amide bonds. The molecule has 6 heteroatoms. The second-order valence-electron chi connectivity index (χ2n) is 8.68. The Hall–Kier alpha value is -2.73. The van der Waals surface area contributed by atoms with E-state index < -0.39 is 5.92 Å². The number of ketones is 1. The molecule has 2 aromatic rings. The van der Waals surface area contributed by atoms with E-state index in [1.54, 1.807) is 24.5 Å². The molecule has 2 heterocycles. The summed E-state index contributed by atoms with van der Waals surface area (Å²) in [5.41, 5.74) is 4.41. The van der Waals surface area contributed by atoms with Crippen LogP contribution in [-0.2, 0) is 9.59 Å². The molecule has 1 aliphatic heterocycles. The number of rotatable bonds is 3. The predicted molar refractivity (Wildman–Crippen MR) is 121 cm³/mol. The monoisotopic (exact) mass is 465 g/mol. The Balaban J connectivity index is 1.81. The molecule has 0 fully saturated rings. The van der Waals surface area contributed by atoms with E-state index in [4.69, 9.17) is 0 Å². The van der Waals surface area contributed by atoms with Gasteiger partial charge < -0.3 is 10.6 Å². The Morgan fingerprint density at radius 1 is 1.20 bits per heavy atom. The van der Waals surface area contributed by atoms with Gasteiger partial charge in [0.15, 0.2) is 5.78 Å². The maximum Gasteiger partial charge on any atom is 0.254 e. The molecule has 0 bridgehead atoms.